The van der Waals surface area contributed by atoms with E-state index in [4.69, 9.17) is 4.98 Å². The smallest absolute Gasteiger partial charge is 0.246 e. The predicted molar refractivity (Wildman–Crippen MR) is 116 cm³/mol. The summed E-state index contributed by atoms with van der Waals surface area (Å²) in [6.45, 7) is 9.51. The second-order valence-electron chi connectivity index (χ2n) is 8.55. The van der Waals surface area contributed by atoms with E-state index in [-0.39, 0.29) is 16.4 Å². The SMILES string of the molecule is Cc1ccsc1CN1CCC2(CC1)CN(C)S(=O)(=O)c1cnc(NC(C)C)nc12. The van der Waals surface area contributed by atoms with Crippen LogP contribution in [0.5, 0.6) is 0 Å². The molecule has 9 heteroatoms. The summed E-state index contributed by atoms with van der Waals surface area (Å²) in [6.07, 6.45) is 3.27. The Bertz CT molecular complexity index is 994. The maximum atomic E-state index is 12.9. The van der Waals surface area contributed by atoms with Crippen molar-refractivity contribution in [2.75, 3.05) is 32.0 Å². The van der Waals surface area contributed by atoms with Gasteiger partial charge < -0.3 is 5.32 Å². The van der Waals surface area contributed by atoms with E-state index in [1.807, 2.05) is 25.2 Å². The van der Waals surface area contributed by atoms with Crippen LogP contribution in [0, 0.1) is 6.92 Å². The summed E-state index contributed by atoms with van der Waals surface area (Å²) in [6, 6.07) is 2.35. The van der Waals surface area contributed by atoms with Crippen LogP contribution in [0.4, 0.5) is 5.95 Å². The van der Waals surface area contributed by atoms with Crippen LogP contribution in [0.2, 0.25) is 0 Å². The average molecular weight is 436 g/mol. The minimum absolute atomic E-state index is 0.183. The molecule has 4 heterocycles. The molecule has 2 aromatic rings. The molecule has 0 unspecified atom stereocenters. The zero-order valence-corrected chi connectivity index (χ0v) is 19.1. The van der Waals surface area contributed by atoms with Gasteiger partial charge in [-0.2, -0.15) is 4.31 Å². The Morgan fingerprint density at radius 1 is 1.31 bits per heavy atom. The molecule has 1 N–H and O–H groups in total. The molecule has 2 aromatic heterocycles. The topological polar surface area (TPSA) is 78.4 Å². The average Bonchev–Trinajstić information content (AvgIpc) is 3.06. The van der Waals surface area contributed by atoms with Gasteiger partial charge in [-0.1, -0.05) is 0 Å². The van der Waals surface area contributed by atoms with Crippen molar-refractivity contribution < 1.29 is 8.42 Å². The van der Waals surface area contributed by atoms with Gasteiger partial charge in [-0.25, -0.2) is 18.4 Å². The quantitative estimate of drug-likeness (QED) is 0.796. The van der Waals surface area contributed by atoms with Crippen molar-refractivity contribution in [3.63, 3.8) is 0 Å². The predicted octanol–water partition coefficient (Wildman–Crippen LogP) is 2.83. The van der Waals surface area contributed by atoms with E-state index in [1.165, 1.54) is 20.9 Å². The molecule has 7 nitrogen and oxygen atoms in total. The maximum Gasteiger partial charge on any atom is 0.246 e. The number of nitrogens with zero attached hydrogens (tertiary/aromatic N) is 4. The van der Waals surface area contributed by atoms with Gasteiger partial charge in [-0.3, -0.25) is 4.90 Å². The minimum Gasteiger partial charge on any atom is -0.352 e. The van der Waals surface area contributed by atoms with Gasteiger partial charge in [0.05, 0.1) is 11.9 Å². The molecule has 29 heavy (non-hydrogen) atoms. The summed E-state index contributed by atoms with van der Waals surface area (Å²) < 4.78 is 27.3. The molecule has 4 rings (SSSR count). The van der Waals surface area contributed by atoms with Crippen molar-refractivity contribution in [3.8, 4) is 0 Å². The highest BCUT2D eigenvalue weighted by Crippen LogP contribution is 2.43. The number of rotatable bonds is 4. The van der Waals surface area contributed by atoms with E-state index < -0.39 is 10.0 Å². The van der Waals surface area contributed by atoms with E-state index >= 15 is 0 Å². The normalized spacial score (nSPS) is 21.4. The number of nitrogens with one attached hydrogen (secondary N) is 1. The van der Waals surface area contributed by atoms with Crippen molar-refractivity contribution in [1.29, 1.82) is 0 Å². The number of aryl methyl sites for hydroxylation is 1. The number of likely N-dealkylation sites (tertiary alicyclic amines) is 1. The highest BCUT2D eigenvalue weighted by molar-refractivity contribution is 7.89. The monoisotopic (exact) mass is 435 g/mol. The molecule has 1 spiro atoms. The molecule has 0 atom stereocenters. The Balaban J connectivity index is 1.63. The first-order valence-electron chi connectivity index (χ1n) is 10.1. The highest BCUT2D eigenvalue weighted by Gasteiger charge is 2.48. The van der Waals surface area contributed by atoms with Gasteiger partial charge in [0.2, 0.25) is 16.0 Å². The van der Waals surface area contributed by atoms with Crippen LogP contribution in [0.3, 0.4) is 0 Å². The number of thiophene rings is 1. The Morgan fingerprint density at radius 2 is 2.03 bits per heavy atom. The molecule has 158 valence electrons. The number of hydrogen-bond acceptors (Lipinski definition) is 7. The van der Waals surface area contributed by atoms with Crippen LogP contribution < -0.4 is 5.32 Å². The molecular weight excluding hydrogens is 406 g/mol. The van der Waals surface area contributed by atoms with E-state index in [0.717, 1.165) is 32.5 Å². The fourth-order valence-corrected chi connectivity index (χ4v) is 6.72. The maximum absolute atomic E-state index is 12.9. The zero-order chi connectivity index (χ0) is 20.8. The van der Waals surface area contributed by atoms with Crippen molar-refractivity contribution in [2.45, 2.75) is 56.5 Å². The molecule has 1 saturated heterocycles. The van der Waals surface area contributed by atoms with Gasteiger partial charge >= 0.3 is 0 Å². The van der Waals surface area contributed by atoms with E-state index in [2.05, 4.69) is 33.6 Å². The summed E-state index contributed by atoms with van der Waals surface area (Å²) in [5.41, 5.74) is 1.79. The molecule has 2 aliphatic rings. The molecule has 2 aliphatic heterocycles. The second-order valence-corrected chi connectivity index (χ2v) is 11.6. The van der Waals surface area contributed by atoms with Gasteiger partial charge in [-0.15, -0.1) is 11.3 Å². The van der Waals surface area contributed by atoms with Crippen LogP contribution in [0.25, 0.3) is 0 Å². The van der Waals surface area contributed by atoms with Gasteiger partial charge in [0.25, 0.3) is 0 Å². The van der Waals surface area contributed by atoms with E-state index in [1.54, 1.807) is 7.05 Å². The summed E-state index contributed by atoms with van der Waals surface area (Å²) >= 11 is 1.81. The Morgan fingerprint density at radius 3 is 2.66 bits per heavy atom. The van der Waals surface area contributed by atoms with Gasteiger partial charge in [-0.05, 0) is 63.7 Å². The molecule has 0 amide bonds. The zero-order valence-electron chi connectivity index (χ0n) is 17.5. The molecule has 0 aliphatic carbocycles. The van der Waals surface area contributed by atoms with Crippen LogP contribution in [0.15, 0.2) is 22.5 Å². The minimum atomic E-state index is -3.53. The van der Waals surface area contributed by atoms with Crippen LogP contribution in [0.1, 0.15) is 42.8 Å². The van der Waals surface area contributed by atoms with Crippen molar-refractivity contribution in [1.82, 2.24) is 19.2 Å². The third-order valence-electron chi connectivity index (χ3n) is 6.04. The molecule has 0 aromatic carbocycles. The number of hydrogen-bond donors (Lipinski definition) is 1. The van der Waals surface area contributed by atoms with Crippen LogP contribution in [-0.4, -0.2) is 60.3 Å². The second kappa shape index (κ2) is 7.61. The third-order valence-corrected chi connectivity index (χ3v) is 8.85. The fourth-order valence-electron chi connectivity index (χ4n) is 4.32. The molecule has 0 radical (unpaired) electrons. The number of likely N-dealkylation sites (N-methyl/N-ethyl adjacent to an activating group) is 1. The van der Waals surface area contributed by atoms with Crippen molar-refractivity contribution in [2.24, 2.45) is 0 Å². The lowest BCUT2D eigenvalue weighted by Crippen LogP contribution is -2.53. The lowest BCUT2D eigenvalue weighted by Gasteiger charge is -2.46. The van der Waals surface area contributed by atoms with E-state index in [0.29, 0.717) is 18.2 Å². The van der Waals surface area contributed by atoms with Crippen LogP contribution in [-0.2, 0) is 22.0 Å². The molecular formula is C20H29N5O2S2. The first kappa shape index (κ1) is 20.7. The lowest BCUT2D eigenvalue weighted by atomic mass is 9.75. The number of aromatic nitrogens is 2. The van der Waals surface area contributed by atoms with Crippen molar-refractivity contribution in [3.05, 3.63) is 33.8 Å². The first-order chi connectivity index (χ1) is 13.7. The lowest BCUT2D eigenvalue weighted by molar-refractivity contribution is 0.130. The van der Waals surface area contributed by atoms with Crippen molar-refractivity contribution >= 4 is 27.3 Å². The molecule has 1 fully saturated rings. The summed E-state index contributed by atoms with van der Waals surface area (Å²) in [5, 5.41) is 5.37. The number of anilines is 1. The Hall–Kier alpha value is -1.55. The van der Waals surface area contributed by atoms with Gasteiger partial charge in [0.15, 0.2) is 0 Å². The summed E-state index contributed by atoms with van der Waals surface area (Å²) in [7, 11) is -1.86. The van der Waals surface area contributed by atoms with Crippen LogP contribution >= 0.6 is 11.3 Å². The number of fused-ring (bicyclic) bond motifs is 2. The largest absolute Gasteiger partial charge is 0.352 e. The fraction of sp³-hybridized carbons (Fsp3) is 0.600. The van der Waals surface area contributed by atoms with E-state index in [9.17, 15) is 8.42 Å². The number of sulfonamides is 1. The first-order valence-corrected chi connectivity index (χ1v) is 12.4. The molecule has 0 saturated carbocycles. The Kier molecular flexibility index (Phi) is 5.43. The number of piperidine rings is 1. The molecule has 0 bridgehead atoms. The third kappa shape index (κ3) is 3.81. The summed E-state index contributed by atoms with van der Waals surface area (Å²) in [5.74, 6) is 0.509. The van der Waals surface area contributed by atoms with Gasteiger partial charge in [0, 0.05) is 36.5 Å². The summed E-state index contributed by atoms with van der Waals surface area (Å²) in [4.78, 5) is 13.2. The van der Waals surface area contributed by atoms with Gasteiger partial charge in [0.1, 0.15) is 4.90 Å². The standard InChI is InChI=1S/C20H29N5O2S2/c1-14(2)22-19-21-11-17-18(23-19)20(13-24(4)29(17,26)27)6-8-25(9-7-20)12-16-15(3)5-10-28-16/h5,10-11,14H,6-9,12-13H2,1-4H3,(H,21,22,23). The Labute approximate surface area is 177 Å². The highest BCUT2D eigenvalue weighted by atomic mass is 32.2.